The Morgan fingerprint density at radius 3 is 2.05 bits per heavy atom. The fourth-order valence-corrected chi connectivity index (χ4v) is 3.48. The summed E-state index contributed by atoms with van der Waals surface area (Å²) < 4.78 is 23.7. The van der Waals surface area contributed by atoms with Gasteiger partial charge in [0.25, 0.3) is 0 Å². The van der Waals surface area contributed by atoms with Gasteiger partial charge in [0.05, 0.1) is 13.2 Å². The highest BCUT2D eigenvalue weighted by molar-refractivity contribution is 7.65. The highest BCUT2D eigenvalue weighted by Crippen LogP contribution is 2.60. The van der Waals surface area contributed by atoms with Crippen LogP contribution in [0.1, 0.15) is 33.3 Å². The van der Waals surface area contributed by atoms with Crippen LogP contribution in [-0.4, -0.2) is 13.2 Å². The molecule has 0 amide bonds. The number of allylic oxidation sites excluding steroid dienone is 1. The van der Waals surface area contributed by atoms with Crippen molar-refractivity contribution < 1.29 is 13.6 Å². The Kier molecular flexibility index (Phi) is 6.27. The van der Waals surface area contributed by atoms with Crippen molar-refractivity contribution >= 4 is 12.9 Å². The van der Waals surface area contributed by atoms with E-state index < -0.39 is 7.60 Å². The van der Waals surface area contributed by atoms with Crippen molar-refractivity contribution in [2.24, 2.45) is 0 Å². The maximum absolute atomic E-state index is 12.9. The Labute approximate surface area is 115 Å². The van der Waals surface area contributed by atoms with Crippen molar-refractivity contribution in [2.45, 2.75) is 27.7 Å². The SMILES string of the molecule is CCOP(=O)(OCC)C(=C=C(C)C)c1ccccc1. The van der Waals surface area contributed by atoms with Crippen molar-refractivity contribution in [1.82, 2.24) is 0 Å². The fraction of sp³-hybridized carbons (Fsp3) is 0.400. The van der Waals surface area contributed by atoms with Gasteiger partial charge in [-0.1, -0.05) is 30.3 Å². The van der Waals surface area contributed by atoms with E-state index in [1.54, 1.807) is 13.8 Å². The third-order valence-electron chi connectivity index (χ3n) is 2.29. The molecule has 4 heteroatoms. The maximum atomic E-state index is 12.9. The van der Waals surface area contributed by atoms with Crippen molar-refractivity contribution in [3.05, 3.63) is 47.2 Å². The summed E-state index contributed by atoms with van der Waals surface area (Å²) >= 11 is 0. The molecule has 104 valence electrons. The average molecular weight is 280 g/mol. The third-order valence-corrected chi connectivity index (χ3v) is 4.40. The Hall–Kier alpha value is -1.11. The standard InChI is InChI=1S/C15H21O3P/c1-5-17-19(16,18-6-2)15(12-13(3)4)14-10-8-7-9-11-14/h7-11H,5-6H2,1-4H3. The van der Waals surface area contributed by atoms with Crippen molar-refractivity contribution in [3.8, 4) is 0 Å². The molecule has 1 aromatic rings. The molecule has 0 heterocycles. The molecular weight excluding hydrogens is 259 g/mol. The van der Waals surface area contributed by atoms with Gasteiger partial charge >= 0.3 is 7.60 Å². The minimum atomic E-state index is -3.32. The Bertz CT molecular complexity index is 499. The number of rotatable bonds is 6. The van der Waals surface area contributed by atoms with Gasteiger partial charge in [-0.15, -0.1) is 5.73 Å². The molecular formula is C15H21O3P. The molecule has 0 aromatic heterocycles. The van der Waals surface area contributed by atoms with Crippen LogP contribution in [0.5, 0.6) is 0 Å². The topological polar surface area (TPSA) is 35.5 Å². The molecule has 1 rings (SSSR count). The van der Waals surface area contributed by atoms with E-state index in [9.17, 15) is 4.57 Å². The minimum absolute atomic E-state index is 0.331. The Balaban J connectivity index is 3.41. The Morgan fingerprint density at radius 1 is 1.11 bits per heavy atom. The van der Waals surface area contributed by atoms with Gasteiger partial charge < -0.3 is 9.05 Å². The zero-order valence-corrected chi connectivity index (χ0v) is 12.9. The van der Waals surface area contributed by atoms with Crippen LogP contribution in [0.2, 0.25) is 0 Å². The summed E-state index contributed by atoms with van der Waals surface area (Å²) in [5.74, 6) is 0. The summed E-state index contributed by atoms with van der Waals surface area (Å²) in [4.78, 5) is 0. The van der Waals surface area contributed by atoms with E-state index in [-0.39, 0.29) is 0 Å². The molecule has 0 spiro atoms. The first-order valence-electron chi connectivity index (χ1n) is 6.42. The predicted octanol–water partition coefficient (Wildman–Crippen LogP) is 4.86. The predicted molar refractivity (Wildman–Crippen MR) is 79.1 cm³/mol. The second kappa shape index (κ2) is 7.47. The molecule has 0 aliphatic heterocycles. The van der Waals surface area contributed by atoms with Crippen LogP contribution in [-0.2, 0) is 13.6 Å². The second-order valence-electron chi connectivity index (χ2n) is 4.17. The van der Waals surface area contributed by atoms with Gasteiger partial charge in [0.15, 0.2) is 0 Å². The van der Waals surface area contributed by atoms with Crippen LogP contribution in [0.4, 0.5) is 0 Å². The van der Waals surface area contributed by atoms with E-state index in [1.807, 2.05) is 44.2 Å². The van der Waals surface area contributed by atoms with Crippen LogP contribution in [0.25, 0.3) is 5.31 Å². The second-order valence-corrected chi connectivity index (χ2v) is 6.13. The van der Waals surface area contributed by atoms with Gasteiger partial charge in [-0.05, 0) is 38.8 Å². The number of hydrogen-bond acceptors (Lipinski definition) is 3. The van der Waals surface area contributed by atoms with E-state index in [4.69, 9.17) is 9.05 Å². The van der Waals surface area contributed by atoms with E-state index in [0.717, 1.165) is 11.1 Å². The monoisotopic (exact) mass is 280 g/mol. The van der Waals surface area contributed by atoms with Crippen LogP contribution >= 0.6 is 7.60 Å². The van der Waals surface area contributed by atoms with E-state index in [0.29, 0.717) is 18.5 Å². The molecule has 0 N–H and O–H groups in total. The lowest BCUT2D eigenvalue weighted by atomic mass is 10.2. The highest BCUT2D eigenvalue weighted by Gasteiger charge is 2.30. The summed E-state index contributed by atoms with van der Waals surface area (Å²) in [5, 5.41) is 0.497. The third kappa shape index (κ3) is 4.49. The lowest BCUT2D eigenvalue weighted by Gasteiger charge is -2.19. The van der Waals surface area contributed by atoms with Crippen molar-refractivity contribution in [2.75, 3.05) is 13.2 Å². The van der Waals surface area contributed by atoms with Gasteiger partial charge in [-0.2, -0.15) is 0 Å². The van der Waals surface area contributed by atoms with Crippen molar-refractivity contribution in [1.29, 1.82) is 0 Å². The highest BCUT2D eigenvalue weighted by atomic mass is 31.2. The zero-order chi connectivity index (χ0) is 14.3. The average Bonchev–Trinajstić information content (AvgIpc) is 2.37. The van der Waals surface area contributed by atoms with Gasteiger partial charge in [0, 0.05) is 0 Å². The zero-order valence-electron chi connectivity index (χ0n) is 12.0. The van der Waals surface area contributed by atoms with Crippen LogP contribution in [0, 0.1) is 0 Å². The van der Waals surface area contributed by atoms with Gasteiger partial charge in [-0.25, -0.2) is 0 Å². The van der Waals surface area contributed by atoms with Crippen LogP contribution < -0.4 is 0 Å². The summed E-state index contributed by atoms with van der Waals surface area (Å²) in [5.41, 5.74) is 4.87. The summed E-state index contributed by atoms with van der Waals surface area (Å²) in [6.45, 7) is 8.08. The number of hydrogen-bond donors (Lipinski definition) is 0. The molecule has 19 heavy (non-hydrogen) atoms. The lowest BCUT2D eigenvalue weighted by molar-refractivity contribution is 0.230. The number of benzene rings is 1. The largest absolute Gasteiger partial charge is 0.369 e. The molecule has 1 aromatic carbocycles. The molecule has 0 unspecified atom stereocenters. The molecule has 0 saturated carbocycles. The Morgan fingerprint density at radius 2 is 1.63 bits per heavy atom. The summed E-state index contributed by atoms with van der Waals surface area (Å²) in [7, 11) is -3.32. The van der Waals surface area contributed by atoms with E-state index >= 15 is 0 Å². The molecule has 0 saturated heterocycles. The van der Waals surface area contributed by atoms with E-state index in [1.165, 1.54) is 0 Å². The first kappa shape index (κ1) is 15.9. The quantitative estimate of drug-likeness (QED) is 0.551. The van der Waals surface area contributed by atoms with Gasteiger partial charge in [0.1, 0.15) is 5.31 Å². The maximum Gasteiger partial charge on any atom is 0.369 e. The molecule has 0 fully saturated rings. The lowest BCUT2D eigenvalue weighted by Crippen LogP contribution is -1.98. The summed E-state index contributed by atoms with van der Waals surface area (Å²) in [6, 6.07) is 9.47. The molecule has 0 bridgehead atoms. The molecule has 3 nitrogen and oxygen atoms in total. The van der Waals surface area contributed by atoms with Gasteiger partial charge in [-0.3, -0.25) is 4.57 Å². The molecule has 0 radical (unpaired) electrons. The molecule has 0 aliphatic carbocycles. The van der Waals surface area contributed by atoms with Crippen LogP contribution in [0.3, 0.4) is 0 Å². The first-order chi connectivity index (χ1) is 9.03. The van der Waals surface area contributed by atoms with Crippen LogP contribution in [0.15, 0.2) is 41.6 Å². The smallest absolute Gasteiger partial charge is 0.305 e. The molecule has 0 aliphatic rings. The van der Waals surface area contributed by atoms with Gasteiger partial charge in [0.2, 0.25) is 0 Å². The summed E-state index contributed by atoms with van der Waals surface area (Å²) in [6.07, 6.45) is 0. The minimum Gasteiger partial charge on any atom is -0.305 e. The normalized spacial score (nSPS) is 10.9. The fourth-order valence-electron chi connectivity index (χ4n) is 1.64. The first-order valence-corrected chi connectivity index (χ1v) is 7.97. The van der Waals surface area contributed by atoms with E-state index in [2.05, 4.69) is 5.73 Å². The van der Waals surface area contributed by atoms with Crippen molar-refractivity contribution in [3.63, 3.8) is 0 Å². The molecule has 0 atom stereocenters.